The zero-order chi connectivity index (χ0) is 25.5. The van der Waals surface area contributed by atoms with E-state index < -0.39 is 10.0 Å². The molecule has 0 aliphatic carbocycles. The number of amides is 2. The first-order valence-corrected chi connectivity index (χ1v) is 14.2. The van der Waals surface area contributed by atoms with Gasteiger partial charge in [0.05, 0.1) is 23.2 Å². The first-order valence-electron chi connectivity index (χ1n) is 12.4. The lowest BCUT2D eigenvalue weighted by Crippen LogP contribution is -2.33. The third-order valence-electron chi connectivity index (χ3n) is 6.30. The standard InChI is InChI=1S/C26H33N3O6S/c1-36(32,33)29(20-12-13-23-24(19-20)35-18-17-34-23)16-8-11-25(30)27-22-10-5-4-9-21(22)26(31)28-14-6-2-3-7-15-28/h4-5,9-10,12-13,19H,2-3,6-8,11,14-18H2,1H3,(H,27,30). The number of nitrogens with zero attached hydrogens (tertiary/aromatic N) is 2. The van der Waals surface area contributed by atoms with E-state index in [1.54, 1.807) is 42.5 Å². The summed E-state index contributed by atoms with van der Waals surface area (Å²) in [5.74, 6) is 0.721. The number of rotatable bonds is 8. The topological polar surface area (TPSA) is 105 Å². The highest BCUT2D eigenvalue weighted by molar-refractivity contribution is 7.92. The smallest absolute Gasteiger partial charge is 0.255 e. The van der Waals surface area contributed by atoms with E-state index in [4.69, 9.17) is 9.47 Å². The second kappa shape index (κ2) is 11.6. The largest absolute Gasteiger partial charge is 0.486 e. The zero-order valence-electron chi connectivity index (χ0n) is 20.6. The molecule has 0 aromatic heterocycles. The Bertz CT molecular complexity index is 1190. The number of fused-ring (bicyclic) bond motifs is 1. The van der Waals surface area contributed by atoms with Crippen LogP contribution in [0.5, 0.6) is 11.5 Å². The Morgan fingerprint density at radius 2 is 1.67 bits per heavy atom. The molecule has 2 aromatic rings. The summed E-state index contributed by atoms with van der Waals surface area (Å²) in [7, 11) is -3.58. The van der Waals surface area contributed by atoms with E-state index in [1.807, 2.05) is 4.90 Å². The average molecular weight is 516 g/mol. The number of hydrogen-bond donors (Lipinski definition) is 1. The molecular formula is C26H33N3O6S. The van der Waals surface area contributed by atoms with Crippen LogP contribution in [0.1, 0.15) is 48.9 Å². The van der Waals surface area contributed by atoms with Crippen LogP contribution in [0.4, 0.5) is 11.4 Å². The lowest BCUT2D eigenvalue weighted by molar-refractivity contribution is -0.116. The minimum atomic E-state index is -3.58. The number of para-hydroxylation sites is 1. The summed E-state index contributed by atoms with van der Waals surface area (Å²) in [5.41, 5.74) is 1.40. The molecule has 36 heavy (non-hydrogen) atoms. The van der Waals surface area contributed by atoms with Crippen LogP contribution in [0.15, 0.2) is 42.5 Å². The molecule has 1 saturated heterocycles. The fraction of sp³-hybridized carbons (Fsp3) is 0.462. The molecule has 0 saturated carbocycles. The minimum Gasteiger partial charge on any atom is -0.486 e. The van der Waals surface area contributed by atoms with Crippen molar-refractivity contribution in [3.63, 3.8) is 0 Å². The van der Waals surface area contributed by atoms with Crippen molar-refractivity contribution in [1.29, 1.82) is 0 Å². The van der Waals surface area contributed by atoms with Crippen LogP contribution in [0.3, 0.4) is 0 Å². The number of ether oxygens (including phenoxy) is 2. The summed E-state index contributed by atoms with van der Waals surface area (Å²) < 4.78 is 37.3. The molecule has 0 spiro atoms. The predicted molar refractivity (Wildman–Crippen MR) is 138 cm³/mol. The number of anilines is 2. The molecule has 1 fully saturated rings. The van der Waals surface area contributed by atoms with E-state index in [0.29, 0.717) is 48.1 Å². The van der Waals surface area contributed by atoms with Gasteiger partial charge in [0.15, 0.2) is 11.5 Å². The molecule has 0 unspecified atom stereocenters. The van der Waals surface area contributed by atoms with Gasteiger partial charge in [0.25, 0.3) is 5.91 Å². The van der Waals surface area contributed by atoms with Gasteiger partial charge < -0.3 is 19.7 Å². The minimum absolute atomic E-state index is 0.0744. The summed E-state index contributed by atoms with van der Waals surface area (Å²) in [6, 6.07) is 12.0. The Hall–Kier alpha value is -3.27. The van der Waals surface area contributed by atoms with Gasteiger partial charge in [-0.15, -0.1) is 0 Å². The Morgan fingerprint density at radius 3 is 2.39 bits per heavy atom. The average Bonchev–Trinajstić information content (AvgIpc) is 3.15. The number of hydrogen-bond acceptors (Lipinski definition) is 6. The van der Waals surface area contributed by atoms with E-state index in [2.05, 4.69) is 5.32 Å². The molecule has 10 heteroatoms. The van der Waals surface area contributed by atoms with Gasteiger partial charge in [-0.1, -0.05) is 25.0 Å². The van der Waals surface area contributed by atoms with Crippen LogP contribution in [0.25, 0.3) is 0 Å². The molecule has 2 heterocycles. The highest BCUT2D eigenvalue weighted by atomic mass is 32.2. The van der Waals surface area contributed by atoms with Gasteiger partial charge in [-0.05, 0) is 43.5 Å². The number of carbonyl (C=O) groups is 2. The van der Waals surface area contributed by atoms with Crippen LogP contribution in [0, 0.1) is 0 Å². The fourth-order valence-electron chi connectivity index (χ4n) is 4.49. The maximum absolute atomic E-state index is 13.1. The lowest BCUT2D eigenvalue weighted by atomic mass is 10.1. The van der Waals surface area contributed by atoms with E-state index in [9.17, 15) is 18.0 Å². The third kappa shape index (κ3) is 6.48. The first-order chi connectivity index (χ1) is 17.3. The summed E-state index contributed by atoms with van der Waals surface area (Å²) >= 11 is 0. The second-order valence-corrected chi connectivity index (χ2v) is 11.0. The van der Waals surface area contributed by atoms with Gasteiger partial charge in [-0.3, -0.25) is 13.9 Å². The van der Waals surface area contributed by atoms with Gasteiger partial charge in [-0.25, -0.2) is 8.42 Å². The van der Waals surface area contributed by atoms with Crippen LogP contribution >= 0.6 is 0 Å². The van der Waals surface area contributed by atoms with Crippen molar-refractivity contribution < 1.29 is 27.5 Å². The SMILES string of the molecule is CS(=O)(=O)N(CCCC(=O)Nc1ccccc1C(=O)N1CCCCCC1)c1ccc2c(c1)OCCO2. The Kier molecular flexibility index (Phi) is 8.35. The van der Waals surface area contributed by atoms with Crippen LogP contribution in [-0.4, -0.2) is 64.2 Å². The molecule has 9 nitrogen and oxygen atoms in total. The molecule has 2 amide bonds. The van der Waals surface area contributed by atoms with Gasteiger partial charge in [0.2, 0.25) is 15.9 Å². The predicted octanol–water partition coefficient (Wildman–Crippen LogP) is 3.66. The summed E-state index contributed by atoms with van der Waals surface area (Å²) in [6.07, 6.45) is 5.76. The van der Waals surface area contributed by atoms with Crippen molar-refractivity contribution in [3.05, 3.63) is 48.0 Å². The van der Waals surface area contributed by atoms with Crippen molar-refractivity contribution >= 4 is 33.2 Å². The molecule has 194 valence electrons. The third-order valence-corrected chi connectivity index (χ3v) is 7.50. The Morgan fingerprint density at radius 1 is 0.972 bits per heavy atom. The number of nitrogens with one attached hydrogen (secondary N) is 1. The first kappa shape index (κ1) is 25.8. The van der Waals surface area contributed by atoms with Crippen molar-refractivity contribution in [2.45, 2.75) is 38.5 Å². The van der Waals surface area contributed by atoms with Crippen LogP contribution in [0.2, 0.25) is 0 Å². The second-order valence-electron chi connectivity index (χ2n) is 9.07. The summed E-state index contributed by atoms with van der Waals surface area (Å²) in [6.45, 7) is 2.42. The number of likely N-dealkylation sites (tertiary alicyclic amines) is 1. The van der Waals surface area contributed by atoms with Gasteiger partial charge >= 0.3 is 0 Å². The maximum atomic E-state index is 13.1. The molecule has 0 atom stereocenters. The number of benzene rings is 2. The Labute approximate surface area is 212 Å². The van der Waals surface area contributed by atoms with Crippen LogP contribution < -0.4 is 19.1 Å². The number of carbonyl (C=O) groups excluding carboxylic acids is 2. The summed E-state index contributed by atoms with van der Waals surface area (Å²) in [4.78, 5) is 27.7. The Balaban J connectivity index is 1.38. The highest BCUT2D eigenvalue weighted by Gasteiger charge is 2.23. The van der Waals surface area contributed by atoms with E-state index in [0.717, 1.165) is 45.0 Å². The van der Waals surface area contributed by atoms with E-state index in [-0.39, 0.29) is 24.8 Å². The van der Waals surface area contributed by atoms with Gasteiger partial charge in [-0.2, -0.15) is 0 Å². The zero-order valence-corrected chi connectivity index (χ0v) is 21.4. The molecular weight excluding hydrogens is 482 g/mol. The lowest BCUT2D eigenvalue weighted by Gasteiger charge is -2.25. The van der Waals surface area contributed by atoms with Gasteiger partial charge in [0.1, 0.15) is 13.2 Å². The molecule has 0 bridgehead atoms. The van der Waals surface area contributed by atoms with Crippen LogP contribution in [-0.2, 0) is 14.8 Å². The van der Waals surface area contributed by atoms with Crippen molar-refractivity contribution in [2.24, 2.45) is 0 Å². The molecule has 4 rings (SSSR count). The number of sulfonamides is 1. The monoisotopic (exact) mass is 515 g/mol. The maximum Gasteiger partial charge on any atom is 0.255 e. The van der Waals surface area contributed by atoms with E-state index in [1.165, 1.54) is 4.31 Å². The van der Waals surface area contributed by atoms with Crippen molar-refractivity contribution in [3.8, 4) is 11.5 Å². The van der Waals surface area contributed by atoms with E-state index >= 15 is 0 Å². The van der Waals surface area contributed by atoms with Gasteiger partial charge in [0, 0.05) is 32.1 Å². The molecule has 1 N–H and O–H groups in total. The molecule has 0 radical (unpaired) electrons. The molecule has 2 aliphatic heterocycles. The molecule has 2 aromatic carbocycles. The van der Waals surface area contributed by atoms with Crippen molar-refractivity contribution in [1.82, 2.24) is 4.90 Å². The summed E-state index contributed by atoms with van der Waals surface area (Å²) in [5, 5.41) is 2.85. The quantitative estimate of drug-likeness (QED) is 0.575. The highest BCUT2D eigenvalue weighted by Crippen LogP contribution is 2.34. The fourth-order valence-corrected chi connectivity index (χ4v) is 5.45. The van der Waals surface area contributed by atoms with Crippen molar-refractivity contribution in [2.75, 3.05) is 48.7 Å². The normalized spacial score (nSPS) is 15.6. The molecule has 2 aliphatic rings.